The fourth-order valence-corrected chi connectivity index (χ4v) is 5.14. The van der Waals surface area contributed by atoms with Crippen LogP contribution in [0.4, 0.5) is 0 Å². The van der Waals surface area contributed by atoms with Crippen molar-refractivity contribution in [1.82, 2.24) is 14.9 Å². The van der Waals surface area contributed by atoms with Crippen molar-refractivity contribution in [2.75, 3.05) is 39.4 Å². The van der Waals surface area contributed by atoms with Gasteiger partial charge in [0.15, 0.2) is 5.96 Å². The van der Waals surface area contributed by atoms with Gasteiger partial charge in [-0.2, -0.15) is 4.31 Å². The van der Waals surface area contributed by atoms with Gasteiger partial charge in [0.25, 0.3) is 10.0 Å². The summed E-state index contributed by atoms with van der Waals surface area (Å²) in [5.41, 5.74) is 0. The van der Waals surface area contributed by atoms with Gasteiger partial charge in [0, 0.05) is 31.1 Å². The second-order valence-electron chi connectivity index (χ2n) is 6.21. The van der Waals surface area contributed by atoms with Gasteiger partial charge >= 0.3 is 0 Å². The Kier molecular flexibility index (Phi) is 7.67. The third kappa shape index (κ3) is 5.95. The van der Waals surface area contributed by atoms with E-state index in [0.29, 0.717) is 43.0 Å². The van der Waals surface area contributed by atoms with Gasteiger partial charge < -0.3 is 15.4 Å². The maximum atomic E-state index is 12.6. The van der Waals surface area contributed by atoms with Crippen molar-refractivity contribution in [3.8, 4) is 0 Å². The third-order valence-electron chi connectivity index (χ3n) is 3.62. The zero-order valence-electron chi connectivity index (χ0n) is 15.1. The quantitative estimate of drug-likeness (QED) is 0.546. The zero-order chi connectivity index (χ0) is 18.3. The predicted octanol–water partition coefficient (Wildman–Crippen LogP) is 1.48. The Bertz CT molecular complexity index is 665. The molecule has 0 unspecified atom stereocenters. The highest BCUT2D eigenvalue weighted by Crippen LogP contribution is 2.26. The number of sulfonamides is 1. The lowest BCUT2D eigenvalue weighted by molar-refractivity contribution is 0.0731. The summed E-state index contributed by atoms with van der Waals surface area (Å²) in [6.45, 7) is 10.1. The first-order valence-corrected chi connectivity index (χ1v) is 10.9. The molecule has 1 aliphatic heterocycles. The molecular weight excluding hydrogens is 360 g/mol. The monoisotopic (exact) mass is 388 g/mol. The van der Waals surface area contributed by atoms with Crippen LogP contribution < -0.4 is 10.6 Å². The minimum Gasteiger partial charge on any atom is -0.379 e. The van der Waals surface area contributed by atoms with E-state index in [4.69, 9.17) is 4.74 Å². The smallest absolute Gasteiger partial charge is 0.252 e. The second kappa shape index (κ2) is 9.51. The van der Waals surface area contributed by atoms with Crippen LogP contribution in [-0.4, -0.2) is 58.1 Å². The van der Waals surface area contributed by atoms with Gasteiger partial charge in [-0.1, -0.05) is 13.8 Å². The minimum atomic E-state index is -3.42. The molecule has 7 nitrogen and oxygen atoms in total. The molecule has 142 valence electrons. The highest BCUT2D eigenvalue weighted by atomic mass is 32.2. The molecule has 0 spiro atoms. The maximum Gasteiger partial charge on any atom is 0.252 e. The van der Waals surface area contributed by atoms with E-state index in [0.717, 1.165) is 23.9 Å². The first-order valence-electron chi connectivity index (χ1n) is 8.62. The predicted molar refractivity (Wildman–Crippen MR) is 102 cm³/mol. The highest BCUT2D eigenvalue weighted by Gasteiger charge is 2.27. The van der Waals surface area contributed by atoms with Gasteiger partial charge in [0.2, 0.25) is 0 Å². The van der Waals surface area contributed by atoms with E-state index in [2.05, 4.69) is 29.5 Å². The molecule has 1 aliphatic rings. The molecule has 2 heterocycles. The van der Waals surface area contributed by atoms with Crippen molar-refractivity contribution in [1.29, 1.82) is 0 Å². The van der Waals surface area contributed by atoms with Crippen LogP contribution in [0.25, 0.3) is 0 Å². The number of nitrogens with zero attached hydrogens (tertiary/aromatic N) is 2. The molecule has 2 rings (SSSR count). The van der Waals surface area contributed by atoms with E-state index in [9.17, 15) is 8.42 Å². The van der Waals surface area contributed by atoms with E-state index in [1.165, 1.54) is 15.6 Å². The van der Waals surface area contributed by atoms with Crippen molar-refractivity contribution in [2.45, 2.75) is 31.5 Å². The summed E-state index contributed by atoms with van der Waals surface area (Å²) in [6, 6.07) is 3.52. The standard InChI is InChI=1S/C16H28N4O3S2/c1-4-17-16(18-11-13(2)3)19-12-14-5-6-15(24-14)25(21,22)20-7-9-23-10-8-20/h5-6,13H,4,7-12H2,1-3H3,(H2,17,18,19). The van der Waals surface area contributed by atoms with Crippen LogP contribution in [0.15, 0.2) is 21.3 Å². The largest absolute Gasteiger partial charge is 0.379 e. The van der Waals surface area contributed by atoms with Gasteiger partial charge in [-0.3, -0.25) is 0 Å². The molecule has 0 aliphatic carbocycles. The van der Waals surface area contributed by atoms with Crippen molar-refractivity contribution in [3.05, 3.63) is 17.0 Å². The highest BCUT2D eigenvalue weighted by molar-refractivity contribution is 7.91. The van der Waals surface area contributed by atoms with E-state index in [-0.39, 0.29) is 0 Å². The lowest BCUT2D eigenvalue weighted by Gasteiger charge is -2.25. The van der Waals surface area contributed by atoms with Crippen LogP contribution in [0.5, 0.6) is 0 Å². The Hall–Kier alpha value is -1.16. The summed E-state index contributed by atoms with van der Waals surface area (Å²) in [7, 11) is -3.42. The minimum absolute atomic E-state index is 0.375. The molecule has 0 saturated carbocycles. The first-order chi connectivity index (χ1) is 11.9. The number of hydrogen-bond acceptors (Lipinski definition) is 5. The summed E-state index contributed by atoms with van der Waals surface area (Å²) in [6.07, 6.45) is 0. The average molecular weight is 389 g/mol. The van der Waals surface area contributed by atoms with Crippen LogP contribution in [0, 0.1) is 5.92 Å². The molecule has 9 heteroatoms. The number of ether oxygens (including phenoxy) is 1. The second-order valence-corrected chi connectivity index (χ2v) is 9.54. The van der Waals surface area contributed by atoms with E-state index >= 15 is 0 Å². The Balaban J connectivity index is 2.03. The van der Waals surface area contributed by atoms with E-state index in [1.54, 1.807) is 6.07 Å². The Morgan fingerprint density at radius 2 is 2.04 bits per heavy atom. The maximum absolute atomic E-state index is 12.6. The fraction of sp³-hybridized carbons (Fsp3) is 0.688. The van der Waals surface area contributed by atoms with E-state index < -0.39 is 10.0 Å². The number of thiophene rings is 1. The van der Waals surface area contributed by atoms with Gasteiger partial charge in [0.05, 0.1) is 19.8 Å². The van der Waals surface area contributed by atoms with Crippen LogP contribution in [0.2, 0.25) is 0 Å². The average Bonchev–Trinajstić information content (AvgIpc) is 3.08. The molecule has 0 bridgehead atoms. The molecule has 0 amide bonds. The lowest BCUT2D eigenvalue weighted by atomic mass is 10.2. The number of aliphatic imine (C=N–C) groups is 1. The molecule has 0 aromatic carbocycles. The summed E-state index contributed by atoms with van der Waals surface area (Å²) in [5, 5.41) is 6.48. The normalized spacial score (nSPS) is 17.0. The zero-order valence-corrected chi connectivity index (χ0v) is 16.8. The number of morpholine rings is 1. The number of guanidine groups is 1. The summed E-state index contributed by atoms with van der Waals surface area (Å²) < 4.78 is 32.4. The first kappa shape index (κ1) is 20.2. The number of rotatable bonds is 7. The molecule has 1 aromatic rings. The van der Waals surface area contributed by atoms with Crippen LogP contribution in [-0.2, 0) is 21.3 Å². The van der Waals surface area contributed by atoms with Crippen molar-refractivity contribution >= 4 is 27.3 Å². The molecule has 2 N–H and O–H groups in total. The SMILES string of the molecule is CCNC(=NCc1ccc(S(=O)(=O)N2CCOCC2)s1)NCC(C)C. The molecular formula is C16H28N4O3S2. The van der Waals surface area contributed by atoms with Crippen LogP contribution >= 0.6 is 11.3 Å². The van der Waals surface area contributed by atoms with Gasteiger partial charge in [-0.05, 0) is 25.0 Å². The molecule has 0 atom stereocenters. The summed E-state index contributed by atoms with van der Waals surface area (Å²) in [5.74, 6) is 1.28. The molecule has 0 radical (unpaired) electrons. The van der Waals surface area contributed by atoms with Crippen LogP contribution in [0.3, 0.4) is 0 Å². The Morgan fingerprint density at radius 3 is 2.68 bits per heavy atom. The Morgan fingerprint density at radius 1 is 1.32 bits per heavy atom. The lowest BCUT2D eigenvalue weighted by Crippen LogP contribution is -2.40. The number of nitrogens with one attached hydrogen (secondary N) is 2. The van der Waals surface area contributed by atoms with Gasteiger partial charge in [-0.25, -0.2) is 13.4 Å². The van der Waals surface area contributed by atoms with Crippen molar-refractivity contribution < 1.29 is 13.2 Å². The molecule has 25 heavy (non-hydrogen) atoms. The summed E-state index contributed by atoms with van der Waals surface area (Å²) in [4.78, 5) is 5.46. The van der Waals surface area contributed by atoms with Crippen molar-refractivity contribution in [2.24, 2.45) is 10.9 Å². The Labute approximate surface area is 154 Å². The van der Waals surface area contributed by atoms with E-state index in [1.807, 2.05) is 13.0 Å². The molecule has 1 aromatic heterocycles. The van der Waals surface area contributed by atoms with Gasteiger partial charge in [0.1, 0.15) is 4.21 Å². The topological polar surface area (TPSA) is 83.0 Å². The fourth-order valence-electron chi connectivity index (χ4n) is 2.30. The number of hydrogen-bond donors (Lipinski definition) is 2. The van der Waals surface area contributed by atoms with Gasteiger partial charge in [-0.15, -0.1) is 11.3 Å². The molecule has 1 saturated heterocycles. The van der Waals surface area contributed by atoms with Crippen LogP contribution in [0.1, 0.15) is 25.6 Å². The summed E-state index contributed by atoms with van der Waals surface area (Å²) >= 11 is 1.28. The molecule has 1 fully saturated rings. The van der Waals surface area contributed by atoms with Crippen molar-refractivity contribution in [3.63, 3.8) is 0 Å². The third-order valence-corrected chi connectivity index (χ3v) is 7.05.